The lowest BCUT2D eigenvalue weighted by Crippen LogP contribution is -2.60. The van der Waals surface area contributed by atoms with E-state index < -0.39 is 0 Å². The maximum atomic E-state index is 2.63. The van der Waals surface area contributed by atoms with E-state index in [-0.39, 0.29) is 0 Å². The van der Waals surface area contributed by atoms with Crippen LogP contribution in [-0.4, -0.2) is 0 Å². The molecule has 3 atom stereocenters. The molecule has 0 heteroatoms. The van der Waals surface area contributed by atoms with Crippen LogP contribution in [0.4, 0.5) is 0 Å². The summed E-state index contributed by atoms with van der Waals surface area (Å²) in [5.41, 5.74) is 5.90. The lowest BCUT2D eigenvalue weighted by atomic mass is 9.36. The third-order valence-corrected chi connectivity index (χ3v) is 8.72. The Morgan fingerprint density at radius 3 is 1.76 bits per heavy atom. The van der Waals surface area contributed by atoms with Crippen molar-refractivity contribution in [3.8, 4) is 0 Å². The van der Waals surface area contributed by atoms with Gasteiger partial charge >= 0.3 is 0 Å². The molecule has 0 radical (unpaired) electrons. The second kappa shape index (κ2) is 6.21. The third-order valence-electron chi connectivity index (χ3n) is 8.72. The fourth-order valence-corrected chi connectivity index (χ4v) is 8.18. The second-order valence-electron chi connectivity index (χ2n) is 10.8. The number of rotatable bonds is 3. The van der Waals surface area contributed by atoms with Crippen molar-refractivity contribution in [1.29, 1.82) is 0 Å². The van der Waals surface area contributed by atoms with Gasteiger partial charge in [-0.3, -0.25) is 0 Å². The second-order valence-corrected chi connectivity index (χ2v) is 10.8. The van der Waals surface area contributed by atoms with Gasteiger partial charge in [-0.2, -0.15) is 0 Å². The number of hydrogen-bond donors (Lipinski definition) is 0. The molecule has 148 valence electrons. The molecule has 29 heavy (non-hydrogen) atoms. The Kier molecular flexibility index (Phi) is 3.80. The standard InChI is InChI=1S/C29H32/c1-22-9-8-14-26(15-22)29-18-23-16-27(20-29,24-10-4-2-5-11-24)19-28(17-23,21-29)25-12-6-3-7-13-25/h2-8,10-15,22-23H,9,16-21H2,1H3. The molecular weight excluding hydrogens is 348 g/mol. The summed E-state index contributed by atoms with van der Waals surface area (Å²) >= 11 is 0. The molecule has 0 N–H and O–H groups in total. The minimum absolute atomic E-state index is 0.339. The molecule has 0 saturated heterocycles. The molecule has 7 rings (SSSR count). The molecule has 0 amide bonds. The van der Waals surface area contributed by atoms with Gasteiger partial charge in [0.1, 0.15) is 0 Å². The lowest BCUT2D eigenvalue weighted by Gasteiger charge is -2.68. The van der Waals surface area contributed by atoms with Gasteiger partial charge < -0.3 is 0 Å². The average Bonchev–Trinajstić information content (AvgIpc) is 2.74. The zero-order valence-electron chi connectivity index (χ0n) is 17.6. The molecule has 3 unspecified atom stereocenters. The third kappa shape index (κ3) is 2.64. The molecule has 4 bridgehead atoms. The number of allylic oxidation sites excluding steroid dienone is 4. The summed E-state index contributed by atoms with van der Waals surface area (Å²) in [6.07, 6.45) is 17.0. The first-order valence-electron chi connectivity index (χ1n) is 11.6. The molecule has 0 nitrogen and oxygen atoms in total. The summed E-state index contributed by atoms with van der Waals surface area (Å²) in [7, 11) is 0. The molecule has 2 aromatic carbocycles. The maximum absolute atomic E-state index is 2.63. The summed E-state index contributed by atoms with van der Waals surface area (Å²) in [5, 5.41) is 0. The van der Waals surface area contributed by atoms with Gasteiger partial charge in [-0.25, -0.2) is 0 Å². The fourth-order valence-electron chi connectivity index (χ4n) is 8.18. The molecule has 0 spiro atoms. The Hall–Kier alpha value is -2.08. The van der Waals surface area contributed by atoms with Crippen molar-refractivity contribution in [3.05, 3.63) is 95.6 Å². The van der Waals surface area contributed by atoms with E-state index >= 15 is 0 Å². The van der Waals surface area contributed by atoms with Crippen LogP contribution in [0.3, 0.4) is 0 Å². The highest BCUT2D eigenvalue weighted by molar-refractivity contribution is 5.44. The van der Waals surface area contributed by atoms with E-state index in [0.717, 1.165) is 5.92 Å². The summed E-state index contributed by atoms with van der Waals surface area (Å²) in [4.78, 5) is 0. The van der Waals surface area contributed by atoms with Gasteiger partial charge in [0, 0.05) is 0 Å². The Bertz CT molecular complexity index is 908. The monoisotopic (exact) mass is 380 g/mol. The van der Waals surface area contributed by atoms with Crippen molar-refractivity contribution in [2.45, 2.75) is 62.7 Å². The largest absolute Gasteiger partial charge is 0.0837 e. The van der Waals surface area contributed by atoms with E-state index in [1.807, 2.05) is 0 Å². The highest BCUT2D eigenvalue weighted by atomic mass is 14.7. The van der Waals surface area contributed by atoms with Gasteiger partial charge in [-0.05, 0) is 89.7 Å². The van der Waals surface area contributed by atoms with Crippen LogP contribution in [0.5, 0.6) is 0 Å². The van der Waals surface area contributed by atoms with Crippen LogP contribution in [0.1, 0.15) is 63.0 Å². The van der Waals surface area contributed by atoms with Gasteiger partial charge in [0.15, 0.2) is 0 Å². The van der Waals surface area contributed by atoms with Crippen LogP contribution < -0.4 is 0 Å². The first-order chi connectivity index (χ1) is 14.1. The summed E-state index contributed by atoms with van der Waals surface area (Å²) in [6.45, 7) is 2.39. The molecular formula is C29H32. The molecule has 4 saturated carbocycles. The van der Waals surface area contributed by atoms with Crippen LogP contribution in [-0.2, 0) is 10.8 Å². The van der Waals surface area contributed by atoms with Crippen molar-refractivity contribution in [3.63, 3.8) is 0 Å². The Labute approximate surface area is 175 Å². The van der Waals surface area contributed by atoms with E-state index in [9.17, 15) is 0 Å². The summed E-state index contributed by atoms with van der Waals surface area (Å²) in [6, 6.07) is 23.1. The highest BCUT2D eigenvalue weighted by Gasteiger charge is 2.64. The molecule has 5 aliphatic rings. The van der Waals surface area contributed by atoms with Crippen LogP contribution in [0.15, 0.2) is 84.5 Å². The lowest BCUT2D eigenvalue weighted by molar-refractivity contribution is -0.0702. The average molecular weight is 381 g/mol. The quantitative estimate of drug-likeness (QED) is 0.521. The van der Waals surface area contributed by atoms with E-state index in [4.69, 9.17) is 0 Å². The van der Waals surface area contributed by atoms with Crippen molar-refractivity contribution >= 4 is 0 Å². The van der Waals surface area contributed by atoms with Crippen LogP contribution >= 0.6 is 0 Å². The van der Waals surface area contributed by atoms with E-state index in [2.05, 4.69) is 85.8 Å². The molecule has 4 fully saturated rings. The highest BCUT2D eigenvalue weighted by Crippen LogP contribution is 2.72. The van der Waals surface area contributed by atoms with E-state index in [1.165, 1.54) is 44.9 Å². The Morgan fingerprint density at radius 1 is 0.690 bits per heavy atom. The minimum atomic E-state index is 0.339. The zero-order valence-corrected chi connectivity index (χ0v) is 17.6. The van der Waals surface area contributed by atoms with Gasteiger partial charge in [-0.15, -0.1) is 0 Å². The first kappa shape index (κ1) is 17.8. The van der Waals surface area contributed by atoms with E-state index in [1.54, 1.807) is 16.7 Å². The summed E-state index contributed by atoms with van der Waals surface area (Å²) in [5.74, 6) is 1.53. The predicted molar refractivity (Wildman–Crippen MR) is 121 cm³/mol. The Morgan fingerprint density at radius 2 is 1.21 bits per heavy atom. The summed E-state index contributed by atoms with van der Waals surface area (Å²) < 4.78 is 0. The van der Waals surface area contributed by atoms with Crippen molar-refractivity contribution in [2.24, 2.45) is 17.3 Å². The van der Waals surface area contributed by atoms with Gasteiger partial charge in [0.05, 0.1) is 0 Å². The zero-order chi connectivity index (χ0) is 19.5. The van der Waals surface area contributed by atoms with Crippen molar-refractivity contribution in [1.82, 2.24) is 0 Å². The van der Waals surface area contributed by atoms with Crippen LogP contribution in [0.25, 0.3) is 0 Å². The van der Waals surface area contributed by atoms with Gasteiger partial charge in [-0.1, -0.05) is 85.8 Å². The normalized spacial score (nSPS) is 40.1. The first-order valence-corrected chi connectivity index (χ1v) is 11.6. The molecule has 0 heterocycles. The van der Waals surface area contributed by atoms with Crippen LogP contribution in [0.2, 0.25) is 0 Å². The minimum Gasteiger partial charge on any atom is -0.0837 e. The van der Waals surface area contributed by atoms with Crippen LogP contribution in [0, 0.1) is 17.3 Å². The number of benzene rings is 2. The smallest absolute Gasteiger partial charge is 0.00274 e. The van der Waals surface area contributed by atoms with Crippen molar-refractivity contribution in [2.75, 3.05) is 0 Å². The van der Waals surface area contributed by atoms with E-state index in [0.29, 0.717) is 22.2 Å². The molecule has 0 aliphatic heterocycles. The molecule has 5 aliphatic carbocycles. The molecule has 0 aromatic heterocycles. The SMILES string of the molecule is CC1C=C(C23CC4CC(c5ccccc5)(C2)CC(c2ccccc2)(C4)C3)C=CC1. The van der Waals surface area contributed by atoms with Gasteiger partial charge in [0.2, 0.25) is 0 Å². The topological polar surface area (TPSA) is 0 Å². The number of hydrogen-bond acceptors (Lipinski definition) is 0. The predicted octanol–water partition coefficient (Wildman–Crippen LogP) is 7.37. The van der Waals surface area contributed by atoms with Gasteiger partial charge in [0.25, 0.3) is 0 Å². The Balaban J connectivity index is 1.54. The van der Waals surface area contributed by atoms with Crippen molar-refractivity contribution < 1.29 is 0 Å². The molecule has 2 aromatic rings. The maximum Gasteiger partial charge on any atom is -0.00274 e. The fraction of sp³-hybridized carbons (Fsp3) is 0.448.